The Kier molecular flexibility index (Phi) is 3.34. The first-order valence-electron chi connectivity index (χ1n) is 11.2. The number of rotatable bonds is 4. The van der Waals surface area contributed by atoms with Crippen LogP contribution in [0.2, 0.25) is 0 Å². The van der Waals surface area contributed by atoms with Crippen LogP contribution in [0.15, 0.2) is 0 Å². The molecule has 5 saturated carbocycles. The number of amides is 2. The number of methoxy groups -OCH3 is 1. The zero-order chi connectivity index (χ0) is 18.4. The summed E-state index contributed by atoms with van der Waals surface area (Å²) in [5.74, 6) is 2.53. The van der Waals surface area contributed by atoms with E-state index in [-0.39, 0.29) is 16.9 Å². The number of ether oxygens (including phenoxy) is 1. The van der Waals surface area contributed by atoms with Gasteiger partial charge in [0.15, 0.2) is 0 Å². The van der Waals surface area contributed by atoms with Crippen molar-refractivity contribution in [1.29, 1.82) is 0 Å². The van der Waals surface area contributed by atoms with Crippen LogP contribution in [0.3, 0.4) is 0 Å². The monoisotopic (exact) mass is 372 g/mol. The van der Waals surface area contributed by atoms with Crippen LogP contribution in [0.4, 0.5) is 4.79 Å². The van der Waals surface area contributed by atoms with Crippen LogP contribution >= 0.6 is 0 Å². The molecule has 0 aromatic heterocycles. The van der Waals surface area contributed by atoms with Crippen molar-refractivity contribution in [1.82, 2.24) is 9.80 Å². The van der Waals surface area contributed by atoms with Crippen LogP contribution in [-0.2, 0) is 9.53 Å². The molecular formula is C22H32N2O3. The van der Waals surface area contributed by atoms with Gasteiger partial charge in [-0.25, -0.2) is 4.79 Å². The molecule has 0 radical (unpaired) electrons. The molecule has 5 aliphatic carbocycles. The Morgan fingerprint density at radius 1 is 1.19 bits per heavy atom. The first-order chi connectivity index (χ1) is 13.0. The minimum atomic E-state index is -0.244. The molecule has 2 amide bonds. The normalized spacial score (nSPS) is 47.7. The van der Waals surface area contributed by atoms with Crippen molar-refractivity contribution in [2.24, 2.45) is 29.1 Å². The van der Waals surface area contributed by atoms with E-state index in [1.165, 1.54) is 44.9 Å². The van der Waals surface area contributed by atoms with E-state index in [2.05, 4.69) is 9.80 Å². The van der Waals surface area contributed by atoms with Gasteiger partial charge in [0, 0.05) is 19.1 Å². The quantitative estimate of drug-likeness (QED) is 0.711. The van der Waals surface area contributed by atoms with E-state index in [4.69, 9.17) is 4.74 Å². The molecule has 3 atom stereocenters. The van der Waals surface area contributed by atoms with Gasteiger partial charge in [-0.1, -0.05) is 12.8 Å². The molecule has 2 aliphatic heterocycles. The lowest BCUT2D eigenvalue weighted by Gasteiger charge is -2.60. The van der Waals surface area contributed by atoms with Crippen LogP contribution < -0.4 is 0 Å². The number of fused-ring (bicyclic) bond motifs is 1. The molecule has 7 fully saturated rings. The molecule has 0 spiro atoms. The Morgan fingerprint density at radius 3 is 2.59 bits per heavy atom. The van der Waals surface area contributed by atoms with Gasteiger partial charge in [-0.15, -0.1) is 0 Å². The van der Waals surface area contributed by atoms with Gasteiger partial charge in [-0.05, 0) is 75.0 Å². The molecule has 3 unspecified atom stereocenters. The summed E-state index contributed by atoms with van der Waals surface area (Å²) in [6.07, 6.45) is 11.6. The van der Waals surface area contributed by atoms with Gasteiger partial charge in [0.1, 0.15) is 0 Å². The summed E-state index contributed by atoms with van der Waals surface area (Å²) < 4.78 is 5.22. The second kappa shape index (κ2) is 5.42. The van der Waals surface area contributed by atoms with E-state index in [0.717, 1.165) is 38.3 Å². The number of carbonyl (C=O) groups excluding carboxylic acids is 2. The molecule has 0 aromatic rings. The third-order valence-corrected chi connectivity index (χ3v) is 9.10. The fourth-order valence-corrected chi connectivity index (χ4v) is 8.28. The molecule has 148 valence electrons. The largest absolute Gasteiger partial charge is 0.469 e. The van der Waals surface area contributed by atoms with Crippen LogP contribution in [0.1, 0.15) is 64.2 Å². The number of nitrogens with zero attached hydrogens (tertiary/aromatic N) is 2. The average molecular weight is 373 g/mol. The maximum absolute atomic E-state index is 13.4. The van der Waals surface area contributed by atoms with Crippen molar-refractivity contribution >= 4 is 12.0 Å². The highest BCUT2D eigenvalue weighted by molar-refractivity contribution is 5.80. The highest BCUT2D eigenvalue weighted by Gasteiger charge is 2.63. The third kappa shape index (κ3) is 2.23. The highest BCUT2D eigenvalue weighted by atomic mass is 16.5. The Hall–Kier alpha value is -1.26. The van der Waals surface area contributed by atoms with E-state index < -0.39 is 0 Å². The van der Waals surface area contributed by atoms with Gasteiger partial charge in [0.25, 0.3) is 0 Å². The third-order valence-electron chi connectivity index (χ3n) is 9.10. The molecule has 5 nitrogen and oxygen atoms in total. The van der Waals surface area contributed by atoms with Gasteiger partial charge in [-0.3, -0.25) is 4.79 Å². The van der Waals surface area contributed by atoms with Crippen LogP contribution in [0, 0.1) is 29.1 Å². The summed E-state index contributed by atoms with van der Waals surface area (Å²) in [5.41, 5.74) is -0.112. The molecule has 7 rings (SSSR count). The fraction of sp³-hybridized carbons (Fsp3) is 0.909. The van der Waals surface area contributed by atoms with Gasteiger partial charge in [0.2, 0.25) is 0 Å². The second-order valence-corrected chi connectivity index (χ2v) is 10.8. The Labute approximate surface area is 161 Å². The van der Waals surface area contributed by atoms with Gasteiger partial charge in [0.05, 0.1) is 18.1 Å². The van der Waals surface area contributed by atoms with E-state index in [1.807, 2.05) is 0 Å². The SMILES string of the molecule is COC(=O)C12CC3CC(C1)C(N1CC4(CC5CC5)CCCN4C1=O)C(C3)C2. The first kappa shape index (κ1) is 16.7. The molecule has 27 heavy (non-hydrogen) atoms. The lowest BCUT2D eigenvalue weighted by atomic mass is 9.47. The molecule has 0 aromatic carbocycles. The molecule has 2 heterocycles. The van der Waals surface area contributed by atoms with Crippen molar-refractivity contribution in [3.05, 3.63) is 0 Å². The maximum Gasteiger partial charge on any atom is 0.320 e. The lowest BCUT2D eigenvalue weighted by molar-refractivity contribution is -0.174. The summed E-state index contributed by atoms with van der Waals surface area (Å²) in [6.45, 7) is 1.91. The molecular weight excluding hydrogens is 340 g/mol. The topological polar surface area (TPSA) is 49.9 Å². The Bertz CT molecular complexity index is 673. The standard InChI is InChI=1S/C22H32N2O3/c1-27-19(25)21-9-15-7-16(11-21)18(17(8-15)12-21)23-13-22(10-14-3-4-14)5-2-6-24(22)20(23)26/h14-18H,2-13H2,1H3. The van der Waals surface area contributed by atoms with Gasteiger partial charge < -0.3 is 14.5 Å². The van der Waals surface area contributed by atoms with Gasteiger partial charge >= 0.3 is 12.0 Å². The molecule has 2 saturated heterocycles. The number of urea groups is 1. The highest BCUT2D eigenvalue weighted by Crippen LogP contribution is 2.62. The Morgan fingerprint density at radius 2 is 1.93 bits per heavy atom. The number of hydrogen-bond acceptors (Lipinski definition) is 3. The second-order valence-electron chi connectivity index (χ2n) is 10.8. The van der Waals surface area contributed by atoms with Crippen LogP contribution in [-0.4, -0.2) is 53.6 Å². The smallest absolute Gasteiger partial charge is 0.320 e. The van der Waals surface area contributed by atoms with Crippen molar-refractivity contribution in [2.75, 3.05) is 20.2 Å². The fourth-order valence-electron chi connectivity index (χ4n) is 8.28. The predicted molar refractivity (Wildman–Crippen MR) is 99.9 cm³/mol. The summed E-state index contributed by atoms with van der Waals surface area (Å²) in [6, 6.07) is 0.686. The Balaban J connectivity index is 1.28. The van der Waals surface area contributed by atoms with Crippen molar-refractivity contribution < 1.29 is 14.3 Å². The predicted octanol–water partition coefficient (Wildman–Crippen LogP) is 3.42. The van der Waals surface area contributed by atoms with Crippen molar-refractivity contribution in [3.8, 4) is 0 Å². The first-order valence-corrected chi connectivity index (χ1v) is 11.2. The van der Waals surface area contributed by atoms with E-state index in [0.29, 0.717) is 29.8 Å². The average Bonchev–Trinajstić information content (AvgIpc) is 3.29. The molecule has 7 aliphatic rings. The number of esters is 1. The van der Waals surface area contributed by atoms with Crippen LogP contribution in [0.5, 0.6) is 0 Å². The van der Waals surface area contributed by atoms with E-state index in [9.17, 15) is 9.59 Å². The summed E-state index contributed by atoms with van der Waals surface area (Å²) in [4.78, 5) is 30.6. The summed E-state index contributed by atoms with van der Waals surface area (Å²) in [7, 11) is 1.54. The van der Waals surface area contributed by atoms with Gasteiger partial charge in [-0.2, -0.15) is 0 Å². The molecule has 5 heteroatoms. The summed E-state index contributed by atoms with van der Waals surface area (Å²) in [5, 5.41) is 0. The zero-order valence-corrected chi connectivity index (χ0v) is 16.5. The van der Waals surface area contributed by atoms with Crippen LogP contribution in [0.25, 0.3) is 0 Å². The number of carbonyl (C=O) groups is 2. The van der Waals surface area contributed by atoms with E-state index in [1.54, 1.807) is 7.11 Å². The van der Waals surface area contributed by atoms with Crippen molar-refractivity contribution in [2.45, 2.75) is 75.8 Å². The molecule has 0 N–H and O–H groups in total. The summed E-state index contributed by atoms with van der Waals surface area (Å²) >= 11 is 0. The number of hydrogen-bond donors (Lipinski definition) is 0. The maximum atomic E-state index is 13.4. The van der Waals surface area contributed by atoms with E-state index >= 15 is 0 Å². The zero-order valence-electron chi connectivity index (χ0n) is 16.5. The molecule has 4 bridgehead atoms. The van der Waals surface area contributed by atoms with Crippen molar-refractivity contribution in [3.63, 3.8) is 0 Å². The minimum absolute atomic E-state index is 0.0129. The minimum Gasteiger partial charge on any atom is -0.469 e. The lowest BCUT2D eigenvalue weighted by Crippen LogP contribution is -2.61.